The summed E-state index contributed by atoms with van der Waals surface area (Å²) >= 11 is 0. The van der Waals surface area contributed by atoms with Gasteiger partial charge in [0.25, 0.3) is 0 Å². The monoisotopic (exact) mass is 429 g/mol. The van der Waals surface area contributed by atoms with Gasteiger partial charge in [0.2, 0.25) is 11.8 Å². The van der Waals surface area contributed by atoms with E-state index in [-0.39, 0.29) is 0 Å². The maximum absolute atomic E-state index is 5.76. The number of hydrogen-bond donors (Lipinski definition) is 0. The zero-order chi connectivity index (χ0) is 22.2. The van der Waals surface area contributed by atoms with Crippen molar-refractivity contribution in [3.05, 3.63) is 102 Å². The summed E-state index contributed by atoms with van der Waals surface area (Å²) in [5.41, 5.74) is 5.77. The first-order chi connectivity index (χ1) is 16.2. The lowest BCUT2D eigenvalue weighted by Crippen LogP contribution is -1.97. The Balaban J connectivity index is 1.23. The van der Waals surface area contributed by atoms with Crippen LogP contribution in [0.25, 0.3) is 51.1 Å². The molecule has 6 rings (SSSR count). The van der Waals surface area contributed by atoms with Gasteiger partial charge in [0.1, 0.15) is 11.0 Å². The fourth-order valence-corrected chi connectivity index (χ4v) is 3.77. The van der Waals surface area contributed by atoms with Gasteiger partial charge in [-0.15, -0.1) is 20.4 Å². The van der Waals surface area contributed by atoms with E-state index in [2.05, 4.69) is 33.5 Å². The van der Waals surface area contributed by atoms with E-state index in [1.165, 1.54) is 5.56 Å². The van der Waals surface area contributed by atoms with Crippen LogP contribution in [-0.2, 0) is 0 Å². The molecule has 6 nitrogen and oxygen atoms in total. The first-order valence-corrected chi connectivity index (χ1v) is 10.7. The summed E-state index contributed by atoms with van der Waals surface area (Å²) in [7, 11) is 0. The van der Waals surface area contributed by atoms with Crippen molar-refractivity contribution in [2.75, 3.05) is 0 Å². The average Bonchev–Trinajstić information content (AvgIpc) is 3.51. The van der Waals surface area contributed by atoms with Crippen molar-refractivity contribution >= 4 is 34.0 Å². The second kappa shape index (κ2) is 7.84. The van der Waals surface area contributed by atoms with Crippen LogP contribution in [0.5, 0.6) is 0 Å². The normalized spacial score (nSPS) is 11.7. The quantitative estimate of drug-likeness (QED) is 0.338. The van der Waals surface area contributed by atoms with Gasteiger partial charge in [0, 0.05) is 17.0 Å². The van der Waals surface area contributed by atoms with E-state index < -0.39 is 0 Å². The molecule has 0 saturated heterocycles. The van der Waals surface area contributed by atoms with Gasteiger partial charge in [-0.2, -0.15) is 4.80 Å². The molecule has 0 aliphatic heterocycles. The number of fused-ring (bicyclic) bond motifs is 3. The predicted molar refractivity (Wildman–Crippen MR) is 130 cm³/mol. The molecule has 0 fully saturated rings. The summed E-state index contributed by atoms with van der Waals surface area (Å²) in [5.74, 6) is 0.968. The second-order valence-electron chi connectivity index (χ2n) is 7.88. The number of hydrogen-bond acceptors (Lipinski definition) is 5. The molecule has 0 atom stereocenters. The molecule has 6 heteroatoms. The molecule has 0 bridgehead atoms. The molecule has 0 aliphatic rings. The topological polar surface area (TPSA) is 69.6 Å². The van der Waals surface area contributed by atoms with Gasteiger partial charge in [-0.3, -0.25) is 0 Å². The minimum absolute atomic E-state index is 0.460. The molecular weight excluding hydrogens is 410 g/mol. The van der Waals surface area contributed by atoms with Gasteiger partial charge in [-0.25, -0.2) is 0 Å². The molecule has 4 aromatic carbocycles. The Morgan fingerprint density at radius 1 is 0.758 bits per heavy atom. The summed E-state index contributed by atoms with van der Waals surface area (Å²) in [6.45, 7) is 2.05. The Kier molecular flexibility index (Phi) is 4.54. The summed E-state index contributed by atoms with van der Waals surface area (Å²) in [5, 5.41) is 19.9. The first kappa shape index (κ1) is 19.1. The van der Waals surface area contributed by atoms with Gasteiger partial charge >= 0.3 is 0 Å². The number of benzene rings is 4. The largest absolute Gasteiger partial charge is 0.417 e. The van der Waals surface area contributed by atoms with E-state index >= 15 is 0 Å². The van der Waals surface area contributed by atoms with Gasteiger partial charge in [-0.05, 0) is 54.3 Å². The second-order valence-corrected chi connectivity index (χ2v) is 7.88. The van der Waals surface area contributed by atoms with E-state index in [9.17, 15) is 0 Å². The van der Waals surface area contributed by atoms with Gasteiger partial charge in [0.15, 0.2) is 0 Å². The zero-order valence-electron chi connectivity index (χ0n) is 17.9. The number of rotatable bonds is 4. The van der Waals surface area contributed by atoms with Gasteiger partial charge < -0.3 is 4.42 Å². The van der Waals surface area contributed by atoms with Crippen molar-refractivity contribution in [3.8, 4) is 17.1 Å². The molecule has 0 radical (unpaired) electrons. The molecule has 0 N–H and O–H groups in total. The van der Waals surface area contributed by atoms with Crippen LogP contribution in [0.3, 0.4) is 0 Å². The molecule has 33 heavy (non-hydrogen) atoms. The highest BCUT2D eigenvalue weighted by molar-refractivity contribution is 6.03. The molecule has 158 valence electrons. The average molecular weight is 429 g/mol. The van der Waals surface area contributed by atoms with E-state index in [1.807, 2.05) is 85.8 Å². The maximum Gasteiger partial charge on any atom is 0.248 e. The van der Waals surface area contributed by atoms with Crippen molar-refractivity contribution in [1.29, 1.82) is 0 Å². The lowest BCUT2D eigenvalue weighted by molar-refractivity contribution is 0.558. The summed E-state index contributed by atoms with van der Waals surface area (Å²) < 4.78 is 5.76. The molecule has 2 heterocycles. The van der Waals surface area contributed by atoms with E-state index in [4.69, 9.17) is 9.52 Å². The van der Waals surface area contributed by atoms with Crippen molar-refractivity contribution in [2.24, 2.45) is 0 Å². The zero-order valence-corrected chi connectivity index (χ0v) is 17.9. The maximum atomic E-state index is 5.76. The van der Waals surface area contributed by atoms with Crippen molar-refractivity contribution in [2.45, 2.75) is 6.92 Å². The summed E-state index contributed by atoms with van der Waals surface area (Å²) in [4.78, 5) is 1.68. The molecule has 6 aromatic rings. The molecular formula is C27H19N5O. The molecule has 0 amide bonds. The van der Waals surface area contributed by atoms with Gasteiger partial charge in [0.05, 0.1) is 5.69 Å². The van der Waals surface area contributed by atoms with E-state index in [1.54, 1.807) is 4.80 Å². The highest BCUT2D eigenvalue weighted by atomic mass is 16.4. The predicted octanol–water partition coefficient (Wildman–Crippen LogP) is 6.10. The molecule has 0 unspecified atom stereocenters. The third-order valence-corrected chi connectivity index (χ3v) is 5.56. The van der Waals surface area contributed by atoms with Crippen LogP contribution in [-0.4, -0.2) is 25.2 Å². The van der Waals surface area contributed by atoms with Crippen LogP contribution in [0, 0.1) is 6.92 Å². The highest BCUT2D eigenvalue weighted by Crippen LogP contribution is 2.24. The Morgan fingerprint density at radius 2 is 1.58 bits per heavy atom. The SMILES string of the molecule is Cc1ccc(-c2nnc(/C=C/c3ccc(-n4nc5ccc6ccccc6c5n4)cc3)o2)cc1. The van der Waals surface area contributed by atoms with Crippen molar-refractivity contribution in [3.63, 3.8) is 0 Å². The number of nitrogens with zero attached hydrogens (tertiary/aromatic N) is 5. The number of aromatic nitrogens is 5. The van der Waals surface area contributed by atoms with E-state index in [0.717, 1.165) is 38.6 Å². The fourth-order valence-electron chi connectivity index (χ4n) is 3.77. The molecule has 0 saturated carbocycles. The highest BCUT2D eigenvalue weighted by Gasteiger charge is 2.09. The minimum atomic E-state index is 0.460. The van der Waals surface area contributed by atoms with Crippen LogP contribution in [0.2, 0.25) is 0 Å². The third kappa shape index (κ3) is 3.68. The Morgan fingerprint density at radius 3 is 2.42 bits per heavy atom. The van der Waals surface area contributed by atoms with Crippen LogP contribution in [0.1, 0.15) is 17.0 Å². The van der Waals surface area contributed by atoms with Crippen molar-refractivity contribution in [1.82, 2.24) is 25.2 Å². The first-order valence-electron chi connectivity index (χ1n) is 10.7. The molecule has 2 aromatic heterocycles. The van der Waals surface area contributed by atoms with Crippen LogP contribution >= 0.6 is 0 Å². The minimum Gasteiger partial charge on any atom is -0.417 e. The van der Waals surface area contributed by atoms with Gasteiger partial charge in [-0.1, -0.05) is 60.2 Å². The third-order valence-electron chi connectivity index (χ3n) is 5.56. The molecule has 0 spiro atoms. The standard InChI is InChI=1S/C27H19N5O/c1-18-6-11-21(12-7-18)27-29-28-25(33-27)17-10-19-8-14-22(15-9-19)32-30-24-16-13-20-4-2-3-5-23(20)26(24)31-32/h2-17H,1H3/b17-10+. The number of aryl methyl sites for hydroxylation is 1. The lowest BCUT2D eigenvalue weighted by atomic mass is 10.1. The Labute approximate surface area is 189 Å². The Bertz CT molecular complexity index is 1610. The smallest absolute Gasteiger partial charge is 0.248 e. The van der Waals surface area contributed by atoms with Crippen molar-refractivity contribution < 1.29 is 4.42 Å². The lowest BCUT2D eigenvalue weighted by Gasteiger charge is -1.99. The van der Waals surface area contributed by atoms with Crippen LogP contribution in [0.15, 0.2) is 89.3 Å². The van der Waals surface area contributed by atoms with E-state index in [0.29, 0.717) is 11.8 Å². The fraction of sp³-hybridized carbons (Fsp3) is 0.0370. The Hall–Kier alpha value is -4.58. The van der Waals surface area contributed by atoms with Crippen LogP contribution in [0.4, 0.5) is 0 Å². The van der Waals surface area contributed by atoms with Crippen LogP contribution < -0.4 is 0 Å². The molecule has 0 aliphatic carbocycles. The summed E-state index contributed by atoms with van der Waals surface area (Å²) in [6, 6.07) is 28.3. The summed E-state index contributed by atoms with van der Waals surface area (Å²) in [6.07, 6.45) is 3.75.